The van der Waals surface area contributed by atoms with Crippen LogP contribution >= 0.6 is 0 Å². The first kappa shape index (κ1) is 38.0. The first-order valence-corrected chi connectivity index (χ1v) is 21.7. The molecule has 0 saturated carbocycles. The summed E-state index contributed by atoms with van der Waals surface area (Å²) in [5.41, 5.74) is 15.6. The van der Waals surface area contributed by atoms with Gasteiger partial charge in [0.1, 0.15) is 28.5 Å². The van der Waals surface area contributed by atoms with Crippen LogP contribution < -0.4 is 9.30 Å². The van der Waals surface area contributed by atoms with Crippen molar-refractivity contribution < 1.29 is 9.30 Å². The normalized spacial score (nSPS) is 14.6. The lowest BCUT2D eigenvalue weighted by atomic mass is 9.61. The van der Waals surface area contributed by atoms with Gasteiger partial charge in [-0.2, -0.15) is 9.13 Å². The van der Waals surface area contributed by atoms with Crippen LogP contribution in [0.15, 0.2) is 134 Å². The second kappa shape index (κ2) is 13.7. The van der Waals surface area contributed by atoms with Gasteiger partial charge in [0, 0.05) is 39.6 Å². The van der Waals surface area contributed by atoms with Crippen LogP contribution in [0.4, 0.5) is 0 Å². The third-order valence-electron chi connectivity index (χ3n) is 13.9. The highest BCUT2D eigenvalue weighted by molar-refractivity contribution is 6.13. The number of para-hydroxylation sites is 4. The van der Waals surface area contributed by atoms with Gasteiger partial charge in [-0.25, -0.2) is 4.98 Å². The van der Waals surface area contributed by atoms with Gasteiger partial charge < -0.3 is 4.74 Å². The summed E-state index contributed by atoms with van der Waals surface area (Å²) in [5, 5.41) is 3.52. The van der Waals surface area contributed by atoms with Crippen molar-refractivity contribution in [2.45, 2.75) is 97.8 Å². The minimum Gasteiger partial charge on any atom is -0.457 e. The molecule has 0 amide bonds. The molecule has 0 bridgehead atoms. The lowest BCUT2D eigenvalue weighted by Gasteiger charge is -2.45. The molecule has 0 N–H and O–H groups in total. The molecule has 0 aliphatic carbocycles. The van der Waals surface area contributed by atoms with Crippen LogP contribution in [0, 0.1) is 0 Å². The Kier molecular flexibility index (Phi) is 8.67. The molecule has 5 nitrogen and oxygen atoms in total. The molecule has 0 spiro atoms. The smallest absolute Gasteiger partial charge is 0.255 e. The summed E-state index contributed by atoms with van der Waals surface area (Å²) in [4.78, 5) is 5.15. The number of fused-ring (bicyclic) bond motifs is 4. The highest BCUT2D eigenvalue weighted by atomic mass is 16.5. The Morgan fingerprint density at radius 2 is 1.33 bits per heavy atom. The maximum atomic E-state index is 7.10. The number of hydrogen-bond donors (Lipinski definition) is 0. The van der Waals surface area contributed by atoms with Crippen molar-refractivity contribution in [3.8, 4) is 34.0 Å². The molecule has 3 aromatic heterocycles. The summed E-state index contributed by atoms with van der Waals surface area (Å²) >= 11 is 0. The number of aromatic nitrogens is 4. The first-order chi connectivity index (χ1) is 28.7. The van der Waals surface area contributed by atoms with E-state index in [0.717, 1.165) is 50.5 Å². The molecular weight excluding hydrogens is 733 g/mol. The van der Waals surface area contributed by atoms with Gasteiger partial charge in [0.15, 0.2) is 11.0 Å². The third-order valence-corrected chi connectivity index (χ3v) is 13.9. The van der Waals surface area contributed by atoms with Crippen molar-refractivity contribution in [1.29, 1.82) is 0 Å². The monoisotopic (exact) mass is 787 g/mol. The van der Waals surface area contributed by atoms with Gasteiger partial charge in [-0.15, -0.1) is 0 Å². The predicted octanol–water partition coefficient (Wildman–Crippen LogP) is 14.3. The minimum atomic E-state index is -0.120. The average molecular weight is 788 g/mol. The van der Waals surface area contributed by atoms with E-state index in [0.29, 0.717) is 17.8 Å². The SMILES string of the molecule is CC(C)c1cc(C(C)C)c(-c2cc(Oc3ccc4c(c3)c3ncc5n3c3c(cccc43)C(C)(C)C5(C)C)cc(-n3c[n+](-c4ccccc4)c4ccccc43)c2)c(C(C)C)c1. The Bertz CT molecular complexity index is 3130. The predicted molar refractivity (Wildman–Crippen MR) is 249 cm³/mol. The van der Waals surface area contributed by atoms with Crippen molar-refractivity contribution >= 4 is 38.4 Å². The number of nitrogens with zero attached hydrogens (tertiary/aromatic N) is 4. The van der Waals surface area contributed by atoms with E-state index < -0.39 is 0 Å². The molecular formula is C55H55N4O+. The summed E-state index contributed by atoms with van der Waals surface area (Å²) < 4.78 is 14.1. The van der Waals surface area contributed by atoms with E-state index in [1.54, 1.807) is 0 Å². The topological polar surface area (TPSA) is 35.3 Å². The second-order valence-corrected chi connectivity index (χ2v) is 19.0. The van der Waals surface area contributed by atoms with E-state index >= 15 is 0 Å². The van der Waals surface area contributed by atoms with Crippen molar-refractivity contribution in [2.75, 3.05) is 0 Å². The molecule has 0 radical (unpaired) electrons. The quantitative estimate of drug-likeness (QED) is 0.114. The Morgan fingerprint density at radius 3 is 2.05 bits per heavy atom. The van der Waals surface area contributed by atoms with Crippen LogP contribution in [0.2, 0.25) is 0 Å². The van der Waals surface area contributed by atoms with Gasteiger partial charge in [-0.1, -0.05) is 130 Å². The summed E-state index contributed by atoms with van der Waals surface area (Å²) in [6.45, 7) is 23.3. The number of ether oxygens (including phenoxy) is 1. The van der Waals surface area contributed by atoms with Gasteiger partial charge in [0.05, 0.1) is 5.52 Å². The zero-order valence-corrected chi connectivity index (χ0v) is 36.6. The van der Waals surface area contributed by atoms with Crippen LogP contribution in [0.1, 0.15) is 115 Å². The molecule has 1 aliphatic heterocycles. The summed E-state index contributed by atoms with van der Waals surface area (Å²) in [5.74, 6) is 2.66. The fourth-order valence-corrected chi connectivity index (χ4v) is 9.84. The lowest BCUT2D eigenvalue weighted by molar-refractivity contribution is -0.567. The molecule has 5 heteroatoms. The molecule has 0 fully saturated rings. The summed E-state index contributed by atoms with van der Waals surface area (Å²) in [6, 6.07) is 44.3. The molecule has 60 heavy (non-hydrogen) atoms. The molecule has 0 saturated heterocycles. The van der Waals surface area contributed by atoms with E-state index in [9.17, 15) is 0 Å². The Labute approximate surface area is 353 Å². The lowest BCUT2D eigenvalue weighted by Crippen LogP contribution is -2.44. The number of imidazole rings is 2. The van der Waals surface area contributed by atoms with E-state index in [-0.39, 0.29) is 10.8 Å². The zero-order valence-electron chi connectivity index (χ0n) is 36.6. The van der Waals surface area contributed by atoms with Gasteiger partial charge in [-0.05, 0) is 111 Å². The minimum absolute atomic E-state index is 0.0691. The Balaban J connectivity index is 1.20. The van der Waals surface area contributed by atoms with Crippen molar-refractivity contribution in [1.82, 2.24) is 14.0 Å². The van der Waals surface area contributed by atoms with Gasteiger partial charge in [-0.3, -0.25) is 4.40 Å². The number of benzene rings is 6. The number of pyridine rings is 1. The zero-order chi connectivity index (χ0) is 41.8. The molecule has 300 valence electrons. The average Bonchev–Trinajstić information content (AvgIpc) is 3.87. The summed E-state index contributed by atoms with van der Waals surface area (Å²) in [7, 11) is 0. The van der Waals surface area contributed by atoms with Crippen molar-refractivity contribution in [2.24, 2.45) is 0 Å². The molecule has 10 rings (SSSR count). The summed E-state index contributed by atoms with van der Waals surface area (Å²) in [6.07, 6.45) is 4.31. The van der Waals surface area contributed by atoms with E-state index in [2.05, 4.69) is 217 Å². The molecule has 6 aromatic carbocycles. The first-order valence-electron chi connectivity index (χ1n) is 21.7. The molecule has 9 aromatic rings. The molecule has 0 atom stereocenters. The maximum Gasteiger partial charge on any atom is 0.255 e. The van der Waals surface area contributed by atoms with Crippen LogP contribution in [0.25, 0.3) is 60.9 Å². The highest BCUT2D eigenvalue weighted by Gasteiger charge is 2.46. The Morgan fingerprint density at radius 1 is 0.617 bits per heavy atom. The standard InChI is InChI=1S/C55H55N4O/c1-33(2)36-27-44(34(3)4)51(45(28-36)35(5)6)37-25-39(58-32-57(38-17-12-11-13-18-38)48-21-14-15-22-49(48)58)29-41(26-37)60-40-23-24-42-43-19-16-20-47-52(43)59-50(55(9,10)54(47,7)8)31-56-53(59)46(42)30-40/h11-35H,1-10H3/q+1. The largest absolute Gasteiger partial charge is 0.457 e. The third kappa shape index (κ3) is 5.65. The maximum absolute atomic E-state index is 7.10. The van der Waals surface area contributed by atoms with E-state index in [1.165, 1.54) is 49.8 Å². The van der Waals surface area contributed by atoms with E-state index in [4.69, 9.17) is 9.72 Å². The fraction of sp³-hybridized carbons (Fsp3) is 0.273. The van der Waals surface area contributed by atoms with Crippen molar-refractivity contribution in [3.63, 3.8) is 0 Å². The molecule has 1 aliphatic rings. The van der Waals surface area contributed by atoms with Gasteiger partial charge in [0.25, 0.3) is 6.33 Å². The van der Waals surface area contributed by atoms with Crippen LogP contribution in [-0.4, -0.2) is 14.0 Å². The highest BCUT2D eigenvalue weighted by Crippen LogP contribution is 2.51. The second-order valence-electron chi connectivity index (χ2n) is 19.0. The van der Waals surface area contributed by atoms with Gasteiger partial charge >= 0.3 is 0 Å². The Hall–Kier alpha value is -6.20. The van der Waals surface area contributed by atoms with Crippen molar-refractivity contribution in [3.05, 3.63) is 162 Å². The van der Waals surface area contributed by atoms with E-state index in [1.807, 2.05) is 0 Å². The van der Waals surface area contributed by atoms with Gasteiger partial charge in [0.2, 0.25) is 0 Å². The molecule has 0 unspecified atom stereocenters. The van der Waals surface area contributed by atoms with Crippen LogP contribution in [0.5, 0.6) is 11.5 Å². The van der Waals surface area contributed by atoms with Crippen LogP contribution in [-0.2, 0) is 10.8 Å². The fourth-order valence-electron chi connectivity index (χ4n) is 9.84. The number of rotatable bonds is 8. The van der Waals surface area contributed by atoms with Crippen LogP contribution in [0.3, 0.4) is 0 Å². The number of hydrogen-bond acceptors (Lipinski definition) is 2. The molecule has 4 heterocycles.